The zero-order chi connectivity index (χ0) is 15.6. The molecule has 0 N–H and O–H groups in total. The van der Waals surface area contributed by atoms with Gasteiger partial charge in [-0.05, 0) is 49.1 Å². The predicted octanol–water partition coefficient (Wildman–Crippen LogP) is 2.12. The first kappa shape index (κ1) is 16.6. The average molecular weight is 427 g/mol. The molecule has 2 aliphatic carbocycles. The van der Waals surface area contributed by atoms with E-state index in [0.717, 1.165) is 24.4 Å². The molecule has 2 aliphatic rings. The van der Waals surface area contributed by atoms with Crippen molar-refractivity contribution in [1.29, 1.82) is 0 Å². The van der Waals surface area contributed by atoms with E-state index < -0.39 is 8.07 Å². The van der Waals surface area contributed by atoms with Crippen molar-refractivity contribution in [2.24, 2.45) is 17.8 Å². The van der Waals surface area contributed by atoms with Crippen LogP contribution in [0, 0.1) is 21.3 Å². The molecule has 0 spiro atoms. The fraction of sp³-hybridized carbons (Fsp3) is 0.579. The van der Waals surface area contributed by atoms with E-state index >= 15 is 0 Å². The first-order valence-corrected chi connectivity index (χ1v) is 14.2. The van der Waals surface area contributed by atoms with Gasteiger partial charge < -0.3 is 4.74 Å². The second kappa shape index (κ2) is 7.08. The van der Waals surface area contributed by atoms with Gasteiger partial charge in [-0.1, -0.05) is 44.3 Å². The van der Waals surface area contributed by atoms with Crippen LogP contribution in [0.5, 0.6) is 0 Å². The lowest BCUT2D eigenvalue weighted by atomic mass is 9.90. The molecule has 2 fully saturated rings. The Labute approximate surface area is 146 Å². The lowest BCUT2D eigenvalue weighted by Crippen LogP contribution is -3.61. The van der Waals surface area contributed by atoms with Gasteiger partial charge >= 0.3 is 21.2 Å². The normalized spacial score (nSPS) is 28.1. The van der Waals surface area contributed by atoms with Crippen molar-refractivity contribution in [2.75, 3.05) is 6.61 Å². The highest BCUT2D eigenvalue weighted by atomic mass is 127. The van der Waals surface area contributed by atoms with Crippen LogP contribution >= 0.6 is 0 Å². The average Bonchev–Trinajstić information content (AvgIpc) is 3.09. The van der Waals surface area contributed by atoms with E-state index in [4.69, 9.17) is 4.74 Å². The third-order valence-electron chi connectivity index (χ3n) is 5.04. The molecule has 3 unspecified atom stereocenters. The summed E-state index contributed by atoms with van der Waals surface area (Å²) in [5.74, 6) is 2.83. The van der Waals surface area contributed by atoms with Gasteiger partial charge in [-0.2, -0.15) is 0 Å². The van der Waals surface area contributed by atoms with Crippen molar-refractivity contribution in [2.45, 2.75) is 45.3 Å². The first-order chi connectivity index (χ1) is 10.5. The molecule has 0 heterocycles. The van der Waals surface area contributed by atoms with Crippen LogP contribution in [0.4, 0.5) is 0 Å². The molecule has 3 heteroatoms. The van der Waals surface area contributed by atoms with Crippen molar-refractivity contribution < 1.29 is 25.9 Å². The fourth-order valence-corrected chi connectivity index (χ4v) is 9.39. The van der Waals surface area contributed by atoms with Gasteiger partial charge in [-0.15, -0.1) is 0 Å². The monoisotopic (exact) mass is 427 g/mol. The van der Waals surface area contributed by atoms with Gasteiger partial charge in [0.2, 0.25) is 0 Å². The largest absolute Gasteiger partial charge is 0.497 e. The number of hydrogen-bond acceptors (Lipinski definition) is 1. The highest BCUT2D eigenvalue weighted by Gasteiger charge is 2.40. The smallest absolute Gasteiger partial charge is 0.350 e. The summed E-state index contributed by atoms with van der Waals surface area (Å²) < 4.78 is 9.28. The minimum absolute atomic E-state index is 0.0631. The maximum atomic E-state index is 6.13. The molecule has 3 rings (SSSR count). The number of halogens is 1. The van der Waals surface area contributed by atoms with Crippen LogP contribution in [0.25, 0.3) is 0 Å². The fourth-order valence-electron chi connectivity index (χ4n) is 3.76. The third kappa shape index (κ3) is 4.16. The van der Waals surface area contributed by atoms with Gasteiger partial charge in [0.15, 0.2) is 6.77 Å². The number of fused-ring (bicyclic) bond motifs is 2. The molecule has 0 amide bonds. The van der Waals surface area contributed by atoms with Crippen LogP contribution in [-0.4, -0.2) is 14.7 Å². The van der Waals surface area contributed by atoms with Gasteiger partial charge in [-0.3, -0.25) is 0 Å². The van der Waals surface area contributed by atoms with Gasteiger partial charge in [0.1, 0.15) is 14.3 Å². The van der Waals surface area contributed by atoms with Crippen molar-refractivity contribution in [3.8, 4) is 0 Å². The lowest BCUT2D eigenvalue weighted by Gasteiger charge is -2.21. The maximum absolute atomic E-state index is 6.13. The molecule has 0 aromatic heterocycles. The predicted molar refractivity (Wildman–Crippen MR) is 91.5 cm³/mol. The number of rotatable bonds is 6. The van der Waals surface area contributed by atoms with Gasteiger partial charge in [0, 0.05) is 0 Å². The summed E-state index contributed by atoms with van der Waals surface area (Å²) >= 11 is -0.0631. The van der Waals surface area contributed by atoms with Crippen LogP contribution in [0.15, 0.2) is 39.8 Å². The van der Waals surface area contributed by atoms with Crippen molar-refractivity contribution in [3.05, 3.63) is 43.4 Å². The molecule has 0 saturated heterocycles. The maximum Gasteiger partial charge on any atom is 0.350 e. The topological polar surface area (TPSA) is 9.23 Å². The summed E-state index contributed by atoms with van der Waals surface area (Å²) in [6, 6.07) is 11.0. The van der Waals surface area contributed by atoms with E-state index in [1.807, 2.05) is 0 Å². The summed E-state index contributed by atoms with van der Waals surface area (Å²) in [5.41, 5.74) is 0. The number of benzene rings is 1. The first-order valence-electron chi connectivity index (χ1n) is 8.54. The quantitative estimate of drug-likeness (QED) is 0.384. The van der Waals surface area contributed by atoms with Crippen molar-refractivity contribution in [3.63, 3.8) is 0 Å². The van der Waals surface area contributed by atoms with E-state index in [-0.39, 0.29) is 21.2 Å². The van der Waals surface area contributed by atoms with Crippen molar-refractivity contribution in [1.82, 2.24) is 0 Å². The summed E-state index contributed by atoms with van der Waals surface area (Å²) in [7, 11) is -1.28. The second-order valence-corrected chi connectivity index (χ2v) is 16.9. The summed E-state index contributed by atoms with van der Waals surface area (Å²) in [6.45, 7) is 8.31. The molecule has 2 bridgehead atoms. The zero-order valence-electron chi connectivity index (χ0n) is 14.0. The van der Waals surface area contributed by atoms with Crippen molar-refractivity contribution >= 4 is 8.07 Å². The molecule has 22 heavy (non-hydrogen) atoms. The van der Waals surface area contributed by atoms with Crippen LogP contribution < -0.4 is 21.2 Å². The minimum atomic E-state index is -1.28. The Morgan fingerprint density at radius 3 is 2.55 bits per heavy atom. The number of ether oxygens (including phenoxy) is 1. The van der Waals surface area contributed by atoms with E-state index in [2.05, 4.69) is 56.2 Å². The van der Waals surface area contributed by atoms with E-state index in [1.165, 1.54) is 29.3 Å². The Morgan fingerprint density at radius 2 is 1.95 bits per heavy atom. The summed E-state index contributed by atoms with van der Waals surface area (Å²) in [4.78, 5) is 0. The molecule has 1 aromatic rings. The minimum Gasteiger partial charge on any atom is -0.497 e. The van der Waals surface area contributed by atoms with Gasteiger partial charge in [0.25, 0.3) is 0 Å². The Bertz CT molecular complexity index is 520. The molecular weight excluding hydrogens is 399 g/mol. The molecular formula is C19H28IOSi+. The van der Waals surface area contributed by atoms with Crippen LogP contribution in [0.3, 0.4) is 0 Å². The van der Waals surface area contributed by atoms with E-state index in [0.29, 0.717) is 0 Å². The molecule has 2 saturated carbocycles. The highest BCUT2D eigenvalue weighted by Crippen LogP contribution is 2.48. The zero-order valence-corrected chi connectivity index (χ0v) is 17.2. The van der Waals surface area contributed by atoms with E-state index in [9.17, 15) is 0 Å². The Kier molecular flexibility index (Phi) is 5.33. The van der Waals surface area contributed by atoms with Gasteiger partial charge in [0.05, 0.1) is 6.61 Å². The standard InChI is InChI=1S/C19H28IOSi/c1-22(2,3)19(20-18-7-5-4-6-8-18)14-21-13-17-12-15-9-10-16(17)11-15/h4-8,14-17H,9-13H2,1-3H3/q+1/b19-14-. The third-order valence-corrected chi connectivity index (χ3v) is 14.3. The Balaban J connectivity index is 1.59. The molecule has 0 radical (unpaired) electrons. The summed E-state index contributed by atoms with van der Waals surface area (Å²) in [6.07, 6.45) is 8.03. The van der Waals surface area contributed by atoms with Gasteiger partial charge in [-0.25, -0.2) is 0 Å². The lowest BCUT2D eigenvalue weighted by molar-refractivity contribution is -0.568. The highest BCUT2D eigenvalue weighted by molar-refractivity contribution is 6.82. The summed E-state index contributed by atoms with van der Waals surface area (Å²) in [5, 5.41) is 0. The SMILES string of the molecule is C[Si](C)(C)/C(=C\OCC1CC2CCC1C2)[I+]c1ccccc1. The molecule has 3 atom stereocenters. The van der Waals surface area contributed by atoms with Crippen LogP contribution in [0.2, 0.25) is 19.6 Å². The Hall–Kier alpha value is -0.293. The molecule has 1 aromatic carbocycles. The number of hydrogen-bond donors (Lipinski definition) is 0. The van der Waals surface area contributed by atoms with E-state index in [1.54, 1.807) is 3.20 Å². The molecule has 1 nitrogen and oxygen atoms in total. The molecule has 120 valence electrons. The van der Waals surface area contributed by atoms with Crippen LogP contribution in [0.1, 0.15) is 25.7 Å². The second-order valence-electron chi connectivity index (χ2n) is 7.87. The van der Waals surface area contributed by atoms with Crippen LogP contribution in [-0.2, 0) is 4.74 Å². The molecule has 0 aliphatic heterocycles. The Morgan fingerprint density at radius 1 is 1.18 bits per heavy atom.